The van der Waals surface area contributed by atoms with Crippen LogP contribution in [0.3, 0.4) is 0 Å². The summed E-state index contributed by atoms with van der Waals surface area (Å²) in [6.07, 6.45) is 5.77. The highest BCUT2D eigenvalue weighted by Crippen LogP contribution is 2.33. The molecule has 0 aromatic heterocycles. The molecule has 1 saturated heterocycles. The summed E-state index contributed by atoms with van der Waals surface area (Å²) in [6.45, 7) is 5.35. The van der Waals surface area contributed by atoms with Crippen LogP contribution >= 0.6 is 12.4 Å². The molecule has 158 valence electrons. The topological polar surface area (TPSA) is 83.7 Å². The Bertz CT molecular complexity index is 833. The molecule has 1 aromatic carbocycles. The summed E-state index contributed by atoms with van der Waals surface area (Å²) in [5, 5.41) is 0. The number of benzene rings is 1. The number of carbonyl (C=O) groups is 3. The number of likely N-dealkylation sites (tertiary alicyclic amines) is 1. The van der Waals surface area contributed by atoms with Crippen molar-refractivity contribution in [3.8, 4) is 0 Å². The Labute approximate surface area is 178 Å². The van der Waals surface area contributed by atoms with Crippen molar-refractivity contribution in [3.05, 3.63) is 34.9 Å². The molecule has 3 aliphatic rings. The van der Waals surface area contributed by atoms with Crippen molar-refractivity contribution in [3.63, 3.8) is 0 Å². The van der Waals surface area contributed by atoms with Gasteiger partial charge in [0.2, 0.25) is 0 Å². The minimum absolute atomic E-state index is 0. The van der Waals surface area contributed by atoms with Crippen LogP contribution in [0.15, 0.2) is 18.2 Å². The minimum Gasteiger partial charge on any atom is -0.338 e. The number of imide groups is 1. The van der Waals surface area contributed by atoms with Crippen molar-refractivity contribution in [2.75, 3.05) is 13.1 Å². The zero-order chi connectivity index (χ0) is 20.1. The molecule has 1 saturated carbocycles. The van der Waals surface area contributed by atoms with Gasteiger partial charge in [-0.05, 0) is 42.9 Å². The van der Waals surface area contributed by atoms with E-state index in [0.717, 1.165) is 38.5 Å². The molecule has 4 rings (SSSR count). The number of amides is 3. The van der Waals surface area contributed by atoms with E-state index in [4.69, 9.17) is 5.73 Å². The average molecular weight is 420 g/mol. The zero-order valence-electron chi connectivity index (χ0n) is 17.1. The molecule has 1 atom stereocenters. The number of nitrogens with zero attached hydrogens (tertiary/aromatic N) is 2. The fraction of sp³-hybridized carbons (Fsp3) is 0.591. The Balaban J connectivity index is 0.00000240. The highest BCUT2D eigenvalue weighted by Gasteiger charge is 2.41. The molecule has 2 fully saturated rings. The first-order chi connectivity index (χ1) is 13.3. The summed E-state index contributed by atoms with van der Waals surface area (Å²) in [5.74, 6) is -0.558. The molecular formula is C22H30ClN3O3. The van der Waals surface area contributed by atoms with Crippen LogP contribution in [0.5, 0.6) is 0 Å². The third-order valence-electron chi connectivity index (χ3n) is 6.70. The van der Waals surface area contributed by atoms with Crippen LogP contribution in [-0.4, -0.2) is 52.7 Å². The molecule has 0 radical (unpaired) electrons. The van der Waals surface area contributed by atoms with E-state index in [0.29, 0.717) is 29.8 Å². The fourth-order valence-corrected chi connectivity index (χ4v) is 4.79. The molecule has 29 heavy (non-hydrogen) atoms. The van der Waals surface area contributed by atoms with Gasteiger partial charge in [-0.15, -0.1) is 12.4 Å². The number of hydrogen-bond acceptors (Lipinski definition) is 4. The maximum Gasteiger partial charge on any atom is 0.261 e. The molecule has 7 heteroatoms. The average Bonchev–Trinajstić information content (AvgIpc) is 2.94. The summed E-state index contributed by atoms with van der Waals surface area (Å²) >= 11 is 0. The van der Waals surface area contributed by atoms with Crippen molar-refractivity contribution in [1.29, 1.82) is 0 Å². The van der Waals surface area contributed by atoms with Gasteiger partial charge in [0.1, 0.15) is 0 Å². The van der Waals surface area contributed by atoms with Crippen molar-refractivity contribution in [1.82, 2.24) is 9.80 Å². The minimum atomic E-state index is -0.248. The monoisotopic (exact) mass is 419 g/mol. The number of hydrogen-bond donors (Lipinski definition) is 1. The Morgan fingerprint density at radius 3 is 2.34 bits per heavy atom. The van der Waals surface area contributed by atoms with E-state index in [1.165, 1.54) is 4.90 Å². The van der Waals surface area contributed by atoms with Crippen molar-refractivity contribution < 1.29 is 14.4 Å². The standard InChI is InChI=1S/C22H29N3O3.ClH/c1-22(2)13-24(11-10-18(22)23)19(26)14-8-9-16-17(12-14)21(28)25(20(16)27)15-6-4-3-5-7-15;/h8-9,12,15,18H,3-7,10-11,13,23H2,1-2H3;1H. The third kappa shape index (κ3) is 3.80. The Kier molecular flexibility index (Phi) is 6.06. The predicted octanol–water partition coefficient (Wildman–Crippen LogP) is 3.24. The number of halogens is 1. The van der Waals surface area contributed by atoms with Crippen LogP contribution in [0.2, 0.25) is 0 Å². The first kappa shape index (κ1) is 21.8. The van der Waals surface area contributed by atoms with Crippen LogP contribution in [0.4, 0.5) is 0 Å². The van der Waals surface area contributed by atoms with E-state index in [9.17, 15) is 14.4 Å². The summed E-state index contributed by atoms with van der Waals surface area (Å²) in [7, 11) is 0. The van der Waals surface area contributed by atoms with Gasteiger partial charge in [-0.2, -0.15) is 0 Å². The number of carbonyl (C=O) groups excluding carboxylic acids is 3. The van der Waals surface area contributed by atoms with Gasteiger partial charge in [-0.1, -0.05) is 33.1 Å². The fourth-order valence-electron chi connectivity index (χ4n) is 4.79. The zero-order valence-corrected chi connectivity index (χ0v) is 18.0. The van der Waals surface area contributed by atoms with Gasteiger partial charge in [0.25, 0.3) is 17.7 Å². The van der Waals surface area contributed by atoms with Crippen molar-refractivity contribution >= 4 is 30.1 Å². The lowest BCUT2D eigenvalue weighted by atomic mass is 9.79. The Hall–Kier alpha value is -1.92. The highest BCUT2D eigenvalue weighted by atomic mass is 35.5. The van der Waals surface area contributed by atoms with Gasteiger partial charge in [0.05, 0.1) is 11.1 Å². The van der Waals surface area contributed by atoms with E-state index < -0.39 is 0 Å². The summed E-state index contributed by atoms with van der Waals surface area (Å²) < 4.78 is 0. The molecule has 2 N–H and O–H groups in total. The number of piperidine rings is 1. The maximum atomic E-state index is 13.0. The van der Waals surface area contributed by atoms with Crippen LogP contribution < -0.4 is 5.73 Å². The summed E-state index contributed by atoms with van der Waals surface area (Å²) in [6, 6.07) is 5.00. The van der Waals surface area contributed by atoms with E-state index in [1.54, 1.807) is 18.2 Å². The Morgan fingerprint density at radius 1 is 1.03 bits per heavy atom. The normalized spacial score (nSPS) is 24.3. The number of nitrogens with two attached hydrogens (primary N) is 1. The van der Waals surface area contributed by atoms with Crippen molar-refractivity contribution in [2.24, 2.45) is 11.1 Å². The highest BCUT2D eigenvalue weighted by molar-refractivity contribution is 6.22. The molecule has 0 bridgehead atoms. The summed E-state index contributed by atoms with van der Waals surface area (Å²) in [4.78, 5) is 42.1. The van der Waals surface area contributed by atoms with E-state index >= 15 is 0 Å². The lowest BCUT2D eigenvalue weighted by Gasteiger charge is -2.42. The van der Waals surface area contributed by atoms with E-state index in [-0.39, 0.29) is 47.6 Å². The van der Waals surface area contributed by atoms with Gasteiger partial charge in [0, 0.05) is 30.7 Å². The first-order valence-electron chi connectivity index (χ1n) is 10.4. The number of fused-ring (bicyclic) bond motifs is 1. The Morgan fingerprint density at radius 2 is 1.69 bits per heavy atom. The first-order valence-corrected chi connectivity index (χ1v) is 10.4. The van der Waals surface area contributed by atoms with Crippen LogP contribution in [0, 0.1) is 5.41 Å². The molecule has 1 aliphatic carbocycles. The second-order valence-corrected chi connectivity index (χ2v) is 9.14. The van der Waals surface area contributed by atoms with Gasteiger partial charge >= 0.3 is 0 Å². The maximum absolute atomic E-state index is 13.0. The van der Waals surface area contributed by atoms with Crippen molar-refractivity contribution in [2.45, 2.75) is 64.5 Å². The van der Waals surface area contributed by atoms with Crippen LogP contribution in [-0.2, 0) is 0 Å². The lowest BCUT2D eigenvalue weighted by Crippen LogP contribution is -2.54. The van der Waals surface area contributed by atoms with Gasteiger partial charge in [-0.25, -0.2) is 0 Å². The molecule has 6 nitrogen and oxygen atoms in total. The molecule has 2 heterocycles. The van der Waals surface area contributed by atoms with E-state index in [1.807, 2.05) is 4.90 Å². The quantitative estimate of drug-likeness (QED) is 0.746. The smallest absolute Gasteiger partial charge is 0.261 e. The lowest BCUT2D eigenvalue weighted by molar-refractivity contribution is 0.0531. The molecule has 0 spiro atoms. The predicted molar refractivity (Wildman–Crippen MR) is 113 cm³/mol. The third-order valence-corrected chi connectivity index (χ3v) is 6.70. The second-order valence-electron chi connectivity index (χ2n) is 9.14. The molecule has 3 amide bonds. The molecule has 2 aliphatic heterocycles. The second kappa shape index (κ2) is 8.07. The van der Waals surface area contributed by atoms with Crippen LogP contribution in [0.25, 0.3) is 0 Å². The van der Waals surface area contributed by atoms with E-state index in [2.05, 4.69) is 13.8 Å². The largest absolute Gasteiger partial charge is 0.338 e. The van der Waals surface area contributed by atoms with Gasteiger partial charge < -0.3 is 10.6 Å². The van der Waals surface area contributed by atoms with Crippen LogP contribution in [0.1, 0.15) is 83.4 Å². The molecule has 1 aromatic rings. The van der Waals surface area contributed by atoms with Gasteiger partial charge in [0.15, 0.2) is 0 Å². The summed E-state index contributed by atoms with van der Waals surface area (Å²) in [5.41, 5.74) is 7.30. The molecule has 1 unspecified atom stereocenters. The van der Waals surface area contributed by atoms with Gasteiger partial charge in [-0.3, -0.25) is 19.3 Å². The SMILES string of the molecule is CC1(C)CN(C(=O)c2ccc3c(c2)C(=O)N(C2CCCCC2)C3=O)CCC1N.Cl. The molecular weight excluding hydrogens is 390 g/mol. The number of rotatable bonds is 2.